The lowest BCUT2D eigenvalue weighted by molar-refractivity contribution is -0.384. The summed E-state index contributed by atoms with van der Waals surface area (Å²) in [5.74, 6) is -0.706. The van der Waals surface area contributed by atoms with Crippen LogP contribution in [0.25, 0.3) is 0 Å². The highest BCUT2D eigenvalue weighted by Crippen LogP contribution is 2.17. The summed E-state index contributed by atoms with van der Waals surface area (Å²) in [6.45, 7) is 5.02. The molecular formula is C25H31N3O8. The summed E-state index contributed by atoms with van der Waals surface area (Å²) in [7, 11) is 1.19. The Morgan fingerprint density at radius 2 is 1.67 bits per heavy atom. The maximum absolute atomic E-state index is 13.1. The van der Waals surface area contributed by atoms with Gasteiger partial charge in [-0.2, -0.15) is 0 Å². The Labute approximate surface area is 209 Å². The van der Waals surface area contributed by atoms with E-state index in [4.69, 9.17) is 14.2 Å². The van der Waals surface area contributed by atoms with Crippen molar-refractivity contribution in [2.75, 3.05) is 20.2 Å². The number of hydrogen-bond acceptors (Lipinski definition) is 8. The molecule has 0 aliphatic rings. The Morgan fingerprint density at radius 3 is 2.22 bits per heavy atom. The number of nitrogens with zero attached hydrogens (tertiary/aromatic N) is 2. The van der Waals surface area contributed by atoms with Crippen molar-refractivity contribution < 1.29 is 33.5 Å². The van der Waals surface area contributed by atoms with Crippen LogP contribution in [-0.2, 0) is 32.0 Å². The molecule has 2 aromatic carbocycles. The molecule has 194 valence electrons. The van der Waals surface area contributed by atoms with Crippen LogP contribution in [0, 0.1) is 10.1 Å². The Bertz CT molecular complexity index is 1040. The van der Waals surface area contributed by atoms with Gasteiger partial charge < -0.3 is 19.5 Å². The number of alkyl carbamates (subject to hydrolysis) is 1. The molecule has 1 N–H and O–H groups in total. The van der Waals surface area contributed by atoms with Crippen molar-refractivity contribution in [2.24, 2.45) is 0 Å². The second-order valence-corrected chi connectivity index (χ2v) is 8.83. The fourth-order valence-electron chi connectivity index (χ4n) is 3.20. The van der Waals surface area contributed by atoms with Gasteiger partial charge >= 0.3 is 18.2 Å². The van der Waals surface area contributed by atoms with E-state index in [1.165, 1.54) is 31.4 Å². The van der Waals surface area contributed by atoms with E-state index in [9.17, 15) is 24.5 Å². The molecule has 2 rings (SSSR count). The van der Waals surface area contributed by atoms with Crippen LogP contribution in [0.3, 0.4) is 0 Å². The minimum Gasteiger partial charge on any atom is -0.467 e. The number of benzene rings is 2. The molecule has 11 heteroatoms. The highest BCUT2D eigenvalue weighted by Gasteiger charge is 2.32. The van der Waals surface area contributed by atoms with Gasteiger partial charge in [-0.1, -0.05) is 42.5 Å². The zero-order valence-electron chi connectivity index (χ0n) is 20.8. The minimum absolute atomic E-state index is 0.0115. The molecule has 0 saturated heterocycles. The molecule has 0 fully saturated rings. The number of ether oxygens (including phenoxy) is 3. The smallest absolute Gasteiger partial charge is 0.410 e. The van der Waals surface area contributed by atoms with E-state index >= 15 is 0 Å². The van der Waals surface area contributed by atoms with Gasteiger partial charge in [0.1, 0.15) is 18.2 Å². The van der Waals surface area contributed by atoms with Crippen molar-refractivity contribution in [1.29, 1.82) is 0 Å². The molecule has 0 aliphatic carbocycles. The van der Waals surface area contributed by atoms with Crippen LogP contribution in [-0.4, -0.2) is 59.8 Å². The van der Waals surface area contributed by atoms with Crippen LogP contribution in [0.1, 0.15) is 31.9 Å². The molecule has 0 bridgehead atoms. The second kappa shape index (κ2) is 13.1. The van der Waals surface area contributed by atoms with Crippen molar-refractivity contribution in [2.45, 2.75) is 45.4 Å². The molecule has 0 saturated carbocycles. The number of nitrogens with one attached hydrogen (secondary N) is 1. The molecule has 0 aliphatic heterocycles. The summed E-state index contributed by atoms with van der Waals surface area (Å²) in [5, 5.41) is 13.5. The normalized spacial score (nSPS) is 11.7. The number of carbonyl (C=O) groups excluding carboxylic acids is 3. The fourth-order valence-corrected chi connectivity index (χ4v) is 3.20. The fraction of sp³-hybridized carbons (Fsp3) is 0.400. The molecular weight excluding hydrogens is 470 g/mol. The average Bonchev–Trinajstić information content (AvgIpc) is 2.83. The first-order valence-electron chi connectivity index (χ1n) is 11.3. The summed E-state index contributed by atoms with van der Waals surface area (Å²) in [5.41, 5.74) is 0.511. The van der Waals surface area contributed by atoms with Gasteiger partial charge in [-0.15, -0.1) is 0 Å². The quantitative estimate of drug-likeness (QED) is 0.224. The van der Waals surface area contributed by atoms with E-state index in [2.05, 4.69) is 5.32 Å². The van der Waals surface area contributed by atoms with Gasteiger partial charge in [-0.3, -0.25) is 15.0 Å². The number of amides is 2. The van der Waals surface area contributed by atoms with Gasteiger partial charge in [0.05, 0.1) is 12.0 Å². The first kappa shape index (κ1) is 28.1. The third-order valence-electron chi connectivity index (χ3n) is 4.89. The molecule has 2 aromatic rings. The number of methoxy groups -OCH3 is 1. The summed E-state index contributed by atoms with van der Waals surface area (Å²) < 4.78 is 15.6. The lowest BCUT2D eigenvalue weighted by atomic mass is 10.0. The summed E-state index contributed by atoms with van der Waals surface area (Å²) in [6, 6.07) is 13.5. The maximum atomic E-state index is 13.1. The molecule has 0 unspecified atom stereocenters. The van der Waals surface area contributed by atoms with Gasteiger partial charge in [0, 0.05) is 31.6 Å². The highest BCUT2D eigenvalue weighted by atomic mass is 16.6. The van der Waals surface area contributed by atoms with Gasteiger partial charge in [0.2, 0.25) is 0 Å². The van der Waals surface area contributed by atoms with Crippen molar-refractivity contribution in [3.8, 4) is 0 Å². The molecule has 0 radical (unpaired) electrons. The standard InChI is InChI=1S/C25H31N3O8/c1-25(2,3)36-23(30)26-14-15-27(24(31)35-17-19-8-6-5-7-9-19)21(22(29)34-4)16-18-10-12-20(13-11-18)28(32)33/h5-13,21H,14-17H2,1-4H3,(H,26,30)/t21-/m1/s1. The molecule has 11 nitrogen and oxygen atoms in total. The van der Waals surface area contributed by atoms with Gasteiger partial charge in [-0.25, -0.2) is 14.4 Å². The number of rotatable bonds is 10. The minimum atomic E-state index is -1.11. The van der Waals surface area contributed by atoms with Gasteiger partial charge in [-0.05, 0) is 31.9 Å². The molecule has 1 atom stereocenters. The van der Waals surface area contributed by atoms with E-state index in [1.807, 2.05) is 6.07 Å². The molecule has 0 heterocycles. The lowest BCUT2D eigenvalue weighted by Crippen LogP contribution is -2.50. The summed E-state index contributed by atoms with van der Waals surface area (Å²) in [6.07, 6.45) is -1.45. The number of esters is 1. The molecule has 36 heavy (non-hydrogen) atoms. The van der Waals surface area contributed by atoms with Crippen LogP contribution in [0.4, 0.5) is 15.3 Å². The largest absolute Gasteiger partial charge is 0.467 e. The van der Waals surface area contributed by atoms with Crippen LogP contribution in [0.5, 0.6) is 0 Å². The first-order valence-corrected chi connectivity index (χ1v) is 11.3. The van der Waals surface area contributed by atoms with Crippen LogP contribution >= 0.6 is 0 Å². The predicted molar refractivity (Wildman–Crippen MR) is 130 cm³/mol. The number of carbonyl (C=O) groups is 3. The van der Waals surface area contributed by atoms with Gasteiger partial charge in [0.15, 0.2) is 0 Å². The predicted octanol–water partition coefficient (Wildman–Crippen LogP) is 3.84. The SMILES string of the molecule is COC(=O)[C@@H](Cc1ccc([N+](=O)[O-])cc1)N(CCNC(=O)OC(C)(C)C)C(=O)OCc1ccccc1. The van der Waals surface area contributed by atoms with E-state index in [0.29, 0.717) is 5.56 Å². The highest BCUT2D eigenvalue weighted by molar-refractivity contribution is 5.82. The summed E-state index contributed by atoms with van der Waals surface area (Å²) in [4.78, 5) is 49.4. The summed E-state index contributed by atoms with van der Waals surface area (Å²) >= 11 is 0. The van der Waals surface area contributed by atoms with E-state index in [0.717, 1.165) is 10.5 Å². The first-order chi connectivity index (χ1) is 17.0. The Kier molecular flexibility index (Phi) is 10.2. The van der Waals surface area contributed by atoms with Crippen molar-refractivity contribution >= 4 is 23.8 Å². The lowest BCUT2D eigenvalue weighted by Gasteiger charge is -2.29. The number of nitro benzene ring substituents is 1. The monoisotopic (exact) mass is 501 g/mol. The zero-order chi connectivity index (χ0) is 26.7. The molecule has 0 aromatic heterocycles. The van der Waals surface area contributed by atoms with Crippen molar-refractivity contribution in [3.05, 3.63) is 75.8 Å². The topological polar surface area (TPSA) is 137 Å². The van der Waals surface area contributed by atoms with Crippen molar-refractivity contribution in [1.82, 2.24) is 10.2 Å². The van der Waals surface area contributed by atoms with Gasteiger partial charge in [0.25, 0.3) is 5.69 Å². The third-order valence-corrected chi connectivity index (χ3v) is 4.89. The number of hydrogen-bond donors (Lipinski definition) is 1. The number of nitro groups is 1. The van der Waals surface area contributed by atoms with Crippen LogP contribution in [0.2, 0.25) is 0 Å². The third kappa shape index (κ3) is 9.24. The Morgan fingerprint density at radius 1 is 1.03 bits per heavy atom. The zero-order valence-corrected chi connectivity index (χ0v) is 20.8. The number of non-ortho nitro benzene ring substituents is 1. The second-order valence-electron chi connectivity index (χ2n) is 8.83. The van der Waals surface area contributed by atoms with E-state index in [-0.39, 0.29) is 31.8 Å². The van der Waals surface area contributed by atoms with Crippen LogP contribution < -0.4 is 5.32 Å². The molecule has 0 spiro atoms. The van der Waals surface area contributed by atoms with Crippen LogP contribution in [0.15, 0.2) is 54.6 Å². The molecule has 2 amide bonds. The Balaban J connectivity index is 2.21. The maximum Gasteiger partial charge on any atom is 0.410 e. The van der Waals surface area contributed by atoms with E-state index < -0.39 is 34.7 Å². The van der Waals surface area contributed by atoms with Crippen molar-refractivity contribution in [3.63, 3.8) is 0 Å². The average molecular weight is 502 g/mol. The Hall–Kier alpha value is -4.15. The van der Waals surface area contributed by atoms with E-state index in [1.54, 1.807) is 45.0 Å².